The summed E-state index contributed by atoms with van der Waals surface area (Å²) in [5.41, 5.74) is 1.14. The van der Waals surface area contributed by atoms with Crippen molar-refractivity contribution in [1.29, 1.82) is 0 Å². The van der Waals surface area contributed by atoms with Crippen LogP contribution in [-0.4, -0.2) is 35.1 Å². The first-order chi connectivity index (χ1) is 7.70. The number of ether oxygens (including phenoxy) is 1. The average molecular weight is 243 g/mol. The average Bonchev–Trinajstić information content (AvgIpc) is 2.95. The van der Waals surface area contributed by atoms with Gasteiger partial charge in [0.15, 0.2) is 0 Å². The quantitative estimate of drug-likeness (QED) is 0.435. The van der Waals surface area contributed by atoms with Crippen molar-refractivity contribution in [3.05, 3.63) is 0 Å². The molecule has 0 aromatic carbocycles. The Hall–Kier alpha value is -1.30. The fraction of sp³-hybridized carbons (Fsp3) is 0.818. The summed E-state index contributed by atoms with van der Waals surface area (Å²) in [4.78, 5) is 24.6. The normalized spacial score (nSPS) is 17.2. The van der Waals surface area contributed by atoms with Crippen molar-refractivity contribution in [2.24, 2.45) is 5.84 Å². The van der Waals surface area contributed by atoms with Gasteiger partial charge in [0.25, 0.3) is 0 Å². The molecule has 0 aliphatic heterocycles. The third kappa shape index (κ3) is 3.59. The summed E-state index contributed by atoms with van der Waals surface area (Å²) < 4.78 is 5.27. The molecule has 0 unspecified atom stereocenters. The van der Waals surface area contributed by atoms with Crippen LogP contribution >= 0.6 is 0 Å². The van der Waals surface area contributed by atoms with E-state index < -0.39 is 17.2 Å². The number of rotatable bonds is 3. The van der Waals surface area contributed by atoms with Crippen molar-refractivity contribution in [2.45, 2.75) is 51.2 Å². The fourth-order valence-electron chi connectivity index (χ4n) is 1.65. The highest BCUT2D eigenvalue weighted by molar-refractivity contribution is 5.79. The standard InChI is InChI=1S/C11H21N3O3/c1-10(2,3)17-9(16)14(4)11(5-6-11)7-8(15)13-12/h5-7,12H2,1-4H3,(H,13,15). The molecule has 0 bridgehead atoms. The predicted molar refractivity (Wildman–Crippen MR) is 62.9 cm³/mol. The van der Waals surface area contributed by atoms with E-state index in [-0.39, 0.29) is 12.3 Å². The van der Waals surface area contributed by atoms with Gasteiger partial charge in [0, 0.05) is 7.05 Å². The van der Waals surface area contributed by atoms with Gasteiger partial charge in [-0.15, -0.1) is 0 Å². The molecule has 1 fully saturated rings. The number of hydrogen-bond acceptors (Lipinski definition) is 4. The Morgan fingerprint density at radius 1 is 1.41 bits per heavy atom. The topological polar surface area (TPSA) is 84.7 Å². The van der Waals surface area contributed by atoms with E-state index in [1.807, 2.05) is 20.8 Å². The number of amides is 2. The lowest BCUT2D eigenvalue weighted by atomic mass is 10.1. The van der Waals surface area contributed by atoms with E-state index in [2.05, 4.69) is 5.43 Å². The Kier molecular flexibility index (Phi) is 3.66. The number of carbonyl (C=O) groups is 2. The lowest BCUT2D eigenvalue weighted by molar-refractivity contribution is -0.122. The number of carbonyl (C=O) groups excluding carboxylic acids is 2. The van der Waals surface area contributed by atoms with Crippen LogP contribution in [-0.2, 0) is 9.53 Å². The van der Waals surface area contributed by atoms with E-state index in [4.69, 9.17) is 10.6 Å². The van der Waals surface area contributed by atoms with Crippen molar-refractivity contribution in [3.63, 3.8) is 0 Å². The molecule has 0 spiro atoms. The van der Waals surface area contributed by atoms with E-state index >= 15 is 0 Å². The smallest absolute Gasteiger partial charge is 0.410 e. The molecule has 0 saturated heterocycles. The molecule has 1 aliphatic carbocycles. The van der Waals surface area contributed by atoms with Crippen LogP contribution in [0.5, 0.6) is 0 Å². The van der Waals surface area contributed by atoms with E-state index in [1.54, 1.807) is 7.05 Å². The number of nitrogens with zero attached hydrogens (tertiary/aromatic N) is 1. The Labute approximate surface area is 101 Å². The van der Waals surface area contributed by atoms with Gasteiger partial charge in [-0.3, -0.25) is 10.2 Å². The van der Waals surface area contributed by atoms with Crippen LogP contribution in [0.4, 0.5) is 4.79 Å². The van der Waals surface area contributed by atoms with Crippen LogP contribution in [0, 0.1) is 0 Å². The Bertz CT molecular complexity index is 318. The maximum absolute atomic E-state index is 11.9. The van der Waals surface area contributed by atoms with Crippen LogP contribution in [0.3, 0.4) is 0 Å². The monoisotopic (exact) mass is 243 g/mol. The minimum Gasteiger partial charge on any atom is -0.444 e. The molecular weight excluding hydrogens is 222 g/mol. The highest BCUT2D eigenvalue weighted by Gasteiger charge is 2.50. The third-order valence-corrected chi connectivity index (χ3v) is 2.86. The summed E-state index contributed by atoms with van der Waals surface area (Å²) >= 11 is 0. The molecule has 6 heteroatoms. The molecule has 17 heavy (non-hydrogen) atoms. The van der Waals surface area contributed by atoms with Gasteiger partial charge in [-0.2, -0.15) is 0 Å². The summed E-state index contributed by atoms with van der Waals surface area (Å²) in [6, 6.07) is 0. The maximum atomic E-state index is 11.9. The molecule has 6 nitrogen and oxygen atoms in total. The third-order valence-electron chi connectivity index (χ3n) is 2.86. The lowest BCUT2D eigenvalue weighted by Gasteiger charge is -2.30. The van der Waals surface area contributed by atoms with E-state index in [9.17, 15) is 9.59 Å². The van der Waals surface area contributed by atoms with Crippen LogP contribution in [0.1, 0.15) is 40.0 Å². The van der Waals surface area contributed by atoms with Crippen molar-refractivity contribution in [1.82, 2.24) is 10.3 Å². The second kappa shape index (κ2) is 4.52. The summed E-state index contributed by atoms with van der Waals surface area (Å²) in [5, 5.41) is 0. The molecule has 3 N–H and O–H groups in total. The molecule has 1 saturated carbocycles. The predicted octanol–water partition coefficient (Wildman–Crippen LogP) is 0.766. The minimum atomic E-state index is -0.530. The van der Waals surface area contributed by atoms with E-state index in [0.717, 1.165) is 12.8 Å². The van der Waals surface area contributed by atoms with Gasteiger partial charge in [-0.05, 0) is 33.6 Å². The summed E-state index contributed by atoms with van der Waals surface area (Å²) in [7, 11) is 1.66. The molecule has 0 atom stereocenters. The SMILES string of the molecule is CN(C(=O)OC(C)(C)C)C1(CC(=O)NN)CC1. The zero-order valence-corrected chi connectivity index (χ0v) is 10.9. The van der Waals surface area contributed by atoms with Gasteiger partial charge < -0.3 is 9.64 Å². The first-order valence-electron chi connectivity index (χ1n) is 5.66. The van der Waals surface area contributed by atoms with Crippen LogP contribution in [0.15, 0.2) is 0 Å². The van der Waals surface area contributed by atoms with Crippen molar-refractivity contribution >= 4 is 12.0 Å². The summed E-state index contributed by atoms with van der Waals surface area (Å²) in [6.07, 6.45) is 1.42. The van der Waals surface area contributed by atoms with Gasteiger partial charge >= 0.3 is 6.09 Å². The zero-order chi connectivity index (χ0) is 13.3. The maximum Gasteiger partial charge on any atom is 0.410 e. The van der Waals surface area contributed by atoms with Crippen molar-refractivity contribution < 1.29 is 14.3 Å². The fourth-order valence-corrected chi connectivity index (χ4v) is 1.65. The molecule has 0 radical (unpaired) electrons. The molecule has 2 amide bonds. The van der Waals surface area contributed by atoms with Crippen LogP contribution in [0.2, 0.25) is 0 Å². The Morgan fingerprint density at radius 3 is 2.29 bits per heavy atom. The molecule has 0 aromatic heterocycles. The molecule has 1 rings (SSSR count). The minimum absolute atomic E-state index is 0.221. The molecular formula is C11H21N3O3. The second-order valence-electron chi connectivity index (χ2n) is 5.51. The van der Waals surface area contributed by atoms with E-state index in [1.165, 1.54) is 4.90 Å². The Morgan fingerprint density at radius 2 is 1.94 bits per heavy atom. The highest BCUT2D eigenvalue weighted by atomic mass is 16.6. The lowest BCUT2D eigenvalue weighted by Crippen LogP contribution is -2.45. The zero-order valence-electron chi connectivity index (χ0n) is 10.9. The highest BCUT2D eigenvalue weighted by Crippen LogP contribution is 2.44. The molecule has 0 aromatic rings. The first kappa shape index (κ1) is 13.8. The molecule has 1 aliphatic rings. The number of hydrazine groups is 1. The summed E-state index contributed by atoms with van der Waals surface area (Å²) in [5.74, 6) is 4.78. The van der Waals surface area contributed by atoms with Gasteiger partial charge in [-0.25, -0.2) is 10.6 Å². The largest absolute Gasteiger partial charge is 0.444 e. The first-order valence-corrected chi connectivity index (χ1v) is 5.66. The molecule has 98 valence electrons. The number of nitrogens with one attached hydrogen (secondary N) is 1. The van der Waals surface area contributed by atoms with Gasteiger partial charge in [-0.1, -0.05) is 0 Å². The molecule has 0 heterocycles. The van der Waals surface area contributed by atoms with E-state index in [0.29, 0.717) is 0 Å². The Balaban J connectivity index is 2.60. The van der Waals surface area contributed by atoms with Crippen LogP contribution < -0.4 is 11.3 Å². The number of nitrogens with two attached hydrogens (primary N) is 1. The second-order valence-corrected chi connectivity index (χ2v) is 5.51. The number of hydrogen-bond donors (Lipinski definition) is 2. The van der Waals surface area contributed by atoms with Gasteiger partial charge in [0.05, 0.1) is 12.0 Å². The van der Waals surface area contributed by atoms with Crippen molar-refractivity contribution in [2.75, 3.05) is 7.05 Å². The van der Waals surface area contributed by atoms with Gasteiger partial charge in [0.1, 0.15) is 5.60 Å². The van der Waals surface area contributed by atoms with Gasteiger partial charge in [0.2, 0.25) is 5.91 Å². The van der Waals surface area contributed by atoms with Crippen molar-refractivity contribution in [3.8, 4) is 0 Å². The summed E-state index contributed by atoms with van der Waals surface area (Å²) in [6.45, 7) is 5.43. The van der Waals surface area contributed by atoms with Crippen LogP contribution in [0.25, 0.3) is 0 Å².